The quantitative estimate of drug-likeness (QED) is 0.840. The van der Waals surface area contributed by atoms with E-state index in [4.69, 9.17) is 0 Å². The summed E-state index contributed by atoms with van der Waals surface area (Å²) in [5.74, 6) is 0.0632. The van der Waals surface area contributed by atoms with E-state index in [-0.39, 0.29) is 23.5 Å². The van der Waals surface area contributed by atoms with Gasteiger partial charge >= 0.3 is 0 Å². The molecule has 114 valence electrons. The van der Waals surface area contributed by atoms with Crippen molar-refractivity contribution in [3.8, 4) is 0 Å². The first-order chi connectivity index (χ1) is 9.16. The van der Waals surface area contributed by atoms with Crippen LogP contribution < -0.4 is 10.6 Å². The van der Waals surface area contributed by atoms with Gasteiger partial charge in [-0.2, -0.15) is 0 Å². The maximum absolute atomic E-state index is 12.2. The van der Waals surface area contributed by atoms with Gasteiger partial charge in [-0.25, -0.2) is 0 Å². The number of rotatable bonds is 6. The molecule has 0 aromatic carbocycles. The maximum Gasteiger partial charge on any atom is 0.237 e. The molecule has 2 unspecified atom stereocenters. The zero-order valence-corrected chi connectivity index (χ0v) is 14.6. The Kier molecular flexibility index (Phi) is 5.78. The first kappa shape index (κ1) is 17.2. The molecule has 1 rings (SSSR count). The first-order valence-electron chi connectivity index (χ1n) is 7.31. The van der Waals surface area contributed by atoms with E-state index < -0.39 is 0 Å². The monoisotopic (exact) mass is 296 g/mol. The van der Waals surface area contributed by atoms with Crippen LogP contribution in [0, 0.1) is 13.8 Å². The molecule has 0 spiro atoms. The number of aryl methyl sites for hydroxylation is 2. The molecular formula is C16H28N2OS. The molecular weight excluding hydrogens is 268 g/mol. The summed E-state index contributed by atoms with van der Waals surface area (Å²) in [6, 6.07) is 2.19. The molecule has 0 fully saturated rings. The summed E-state index contributed by atoms with van der Waals surface area (Å²) < 4.78 is 0. The number of nitrogens with one attached hydrogen (secondary N) is 2. The standard InChI is InChI=1S/C16H28N2OS/c1-8-16(6,7)18-15(19)12(4)17-11(3)14-9-10(2)20-13(14)5/h9,11-12,17H,8H2,1-7H3,(H,18,19). The molecule has 0 aliphatic heterocycles. The van der Waals surface area contributed by atoms with E-state index in [1.165, 1.54) is 15.3 Å². The lowest BCUT2D eigenvalue weighted by molar-refractivity contribution is -0.124. The topological polar surface area (TPSA) is 41.1 Å². The normalized spacial score (nSPS) is 14.9. The molecule has 0 radical (unpaired) electrons. The van der Waals surface area contributed by atoms with Crippen molar-refractivity contribution in [2.75, 3.05) is 0 Å². The van der Waals surface area contributed by atoms with E-state index in [0.29, 0.717) is 0 Å². The summed E-state index contributed by atoms with van der Waals surface area (Å²) in [4.78, 5) is 14.8. The summed E-state index contributed by atoms with van der Waals surface area (Å²) >= 11 is 1.81. The highest BCUT2D eigenvalue weighted by molar-refractivity contribution is 7.12. The number of carbonyl (C=O) groups excluding carboxylic acids is 1. The molecule has 1 heterocycles. The van der Waals surface area contributed by atoms with Gasteiger partial charge in [0.05, 0.1) is 6.04 Å². The molecule has 4 heteroatoms. The van der Waals surface area contributed by atoms with E-state index in [2.05, 4.69) is 44.4 Å². The van der Waals surface area contributed by atoms with Crippen LogP contribution in [0.25, 0.3) is 0 Å². The average Bonchev–Trinajstić information content (AvgIpc) is 2.67. The molecule has 2 atom stereocenters. The summed E-state index contributed by atoms with van der Waals surface area (Å²) in [5, 5.41) is 6.47. The Labute approximate surface area is 127 Å². The van der Waals surface area contributed by atoms with Gasteiger partial charge in [0.25, 0.3) is 0 Å². The van der Waals surface area contributed by atoms with Gasteiger partial charge in [0, 0.05) is 21.3 Å². The van der Waals surface area contributed by atoms with Gasteiger partial charge in [-0.05, 0) is 59.6 Å². The predicted molar refractivity (Wildman–Crippen MR) is 87.3 cm³/mol. The number of hydrogen-bond donors (Lipinski definition) is 2. The minimum Gasteiger partial charge on any atom is -0.350 e. The molecule has 0 aliphatic carbocycles. The van der Waals surface area contributed by atoms with Gasteiger partial charge in [-0.3, -0.25) is 10.1 Å². The van der Waals surface area contributed by atoms with Crippen molar-refractivity contribution < 1.29 is 4.79 Å². The Morgan fingerprint density at radius 2 is 1.95 bits per heavy atom. The summed E-state index contributed by atoms with van der Waals surface area (Å²) in [6.45, 7) is 14.5. The van der Waals surface area contributed by atoms with Crippen LogP contribution in [0.2, 0.25) is 0 Å². The molecule has 1 aromatic rings. The van der Waals surface area contributed by atoms with Crippen LogP contribution in [0.3, 0.4) is 0 Å². The van der Waals surface area contributed by atoms with Crippen LogP contribution in [0.4, 0.5) is 0 Å². The minimum absolute atomic E-state index is 0.0632. The Morgan fingerprint density at radius 1 is 1.35 bits per heavy atom. The van der Waals surface area contributed by atoms with Gasteiger partial charge in [-0.1, -0.05) is 6.92 Å². The molecule has 0 aliphatic rings. The number of amides is 1. The molecule has 20 heavy (non-hydrogen) atoms. The van der Waals surface area contributed by atoms with Crippen LogP contribution in [0.1, 0.15) is 62.4 Å². The third kappa shape index (κ3) is 4.60. The summed E-state index contributed by atoms with van der Waals surface area (Å²) in [5.41, 5.74) is 1.15. The molecule has 3 nitrogen and oxygen atoms in total. The smallest absolute Gasteiger partial charge is 0.237 e. The Morgan fingerprint density at radius 3 is 2.40 bits per heavy atom. The van der Waals surface area contributed by atoms with Crippen LogP contribution >= 0.6 is 11.3 Å². The Bertz CT molecular complexity index is 465. The van der Waals surface area contributed by atoms with Crippen LogP contribution in [-0.2, 0) is 4.79 Å². The summed E-state index contributed by atoms with van der Waals surface area (Å²) in [6.07, 6.45) is 0.920. The van der Waals surface area contributed by atoms with Gasteiger partial charge in [0.1, 0.15) is 0 Å². The second-order valence-electron chi connectivity index (χ2n) is 6.21. The molecule has 0 bridgehead atoms. The lowest BCUT2D eigenvalue weighted by Crippen LogP contribution is -2.51. The van der Waals surface area contributed by atoms with E-state index in [9.17, 15) is 4.79 Å². The predicted octanol–water partition coefficient (Wildman–Crippen LogP) is 3.71. The second kappa shape index (κ2) is 6.72. The molecule has 0 saturated heterocycles. The molecule has 2 N–H and O–H groups in total. The van der Waals surface area contributed by atoms with Crippen molar-refractivity contribution in [1.29, 1.82) is 0 Å². The van der Waals surface area contributed by atoms with Gasteiger partial charge in [0.2, 0.25) is 5.91 Å². The summed E-state index contributed by atoms with van der Waals surface area (Å²) in [7, 11) is 0. The largest absolute Gasteiger partial charge is 0.350 e. The third-order valence-electron chi connectivity index (χ3n) is 3.78. The van der Waals surface area contributed by atoms with Crippen LogP contribution in [0.5, 0.6) is 0 Å². The highest BCUT2D eigenvalue weighted by Crippen LogP contribution is 2.26. The zero-order valence-electron chi connectivity index (χ0n) is 13.8. The first-order valence-corrected chi connectivity index (χ1v) is 8.13. The fourth-order valence-corrected chi connectivity index (χ4v) is 3.17. The lowest BCUT2D eigenvalue weighted by Gasteiger charge is -2.28. The van der Waals surface area contributed by atoms with Gasteiger partial charge < -0.3 is 5.32 Å². The van der Waals surface area contributed by atoms with E-state index in [1.54, 1.807) is 11.3 Å². The SMILES string of the molecule is CCC(C)(C)NC(=O)C(C)NC(C)c1cc(C)sc1C. The van der Waals surface area contributed by atoms with Crippen LogP contribution in [0.15, 0.2) is 6.07 Å². The Balaban J connectivity index is 2.64. The van der Waals surface area contributed by atoms with Crippen molar-refractivity contribution in [1.82, 2.24) is 10.6 Å². The minimum atomic E-state index is -0.199. The second-order valence-corrected chi connectivity index (χ2v) is 7.67. The number of carbonyl (C=O) groups is 1. The van der Waals surface area contributed by atoms with E-state index >= 15 is 0 Å². The van der Waals surface area contributed by atoms with Crippen molar-refractivity contribution >= 4 is 17.2 Å². The maximum atomic E-state index is 12.2. The highest BCUT2D eigenvalue weighted by Gasteiger charge is 2.23. The van der Waals surface area contributed by atoms with Gasteiger partial charge in [0.15, 0.2) is 0 Å². The van der Waals surface area contributed by atoms with Crippen molar-refractivity contribution in [3.05, 3.63) is 21.4 Å². The molecule has 0 saturated carbocycles. The van der Waals surface area contributed by atoms with Gasteiger partial charge in [-0.15, -0.1) is 11.3 Å². The molecule has 1 aromatic heterocycles. The number of thiophene rings is 1. The average molecular weight is 296 g/mol. The fourth-order valence-electron chi connectivity index (χ4n) is 2.15. The Hall–Kier alpha value is -0.870. The number of hydrogen-bond acceptors (Lipinski definition) is 3. The highest BCUT2D eigenvalue weighted by atomic mass is 32.1. The zero-order chi connectivity index (χ0) is 15.5. The van der Waals surface area contributed by atoms with E-state index in [1.807, 2.05) is 20.8 Å². The lowest BCUT2D eigenvalue weighted by atomic mass is 10.0. The molecule has 1 amide bonds. The van der Waals surface area contributed by atoms with Crippen LogP contribution in [-0.4, -0.2) is 17.5 Å². The van der Waals surface area contributed by atoms with E-state index in [0.717, 1.165) is 6.42 Å². The van der Waals surface area contributed by atoms with Crippen molar-refractivity contribution in [3.63, 3.8) is 0 Å². The van der Waals surface area contributed by atoms with Crippen molar-refractivity contribution in [2.24, 2.45) is 0 Å². The fraction of sp³-hybridized carbons (Fsp3) is 0.688. The van der Waals surface area contributed by atoms with Crippen molar-refractivity contribution in [2.45, 2.75) is 72.5 Å². The third-order valence-corrected chi connectivity index (χ3v) is 4.77.